The average Bonchev–Trinajstić information content (AvgIpc) is 2.94. The number of allylic oxidation sites excluding steroid dienone is 1. The monoisotopic (exact) mass is 328 g/mol. The van der Waals surface area contributed by atoms with Crippen LogP contribution in [0.3, 0.4) is 0 Å². The van der Waals surface area contributed by atoms with Crippen molar-refractivity contribution >= 4 is 11.7 Å². The molecule has 3 heterocycles. The van der Waals surface area contributed by atoms with Crippen LogP contribution in [-0.2, 0) is 11.3 Å². The second-order valence-corrected chi connectivity index (χ2v) is 5.69. The Morgan fingerprint density at radius 1 is 1.12 bits per heavy atom. The van der Waals surface area contributed by atoms with Gasteiger partial charge in [0.1, 0.15) is 6.61 Å². The molecule has 0 fully saturated rings. The van der Waals surface area contributed by atoms with Crippen LogP contribution < -0.4 is 0 Å². The highest BCUT2D eigenvalue weighted by atomic mass is 16.5. The van der Waals surface area contributed by atoms with Crippen LogP contribution in [0, 0.1) is 0 Å². The molecule has 122 valence electrons. The van der Waals surface area contributed by atoms with Crippen LogP contribution in [0.25, 0.3) is 16.9 Å². The molecule has 1 aliphatic heterocycles. The summed E-state index contributed by atoms with van der Waals surface area (Å²) in [7, 11) is 0. The Balaban J connectivity index is 1.55. The van der Waals surface area contributed by atoms with Gasteiger partial charge >= 0.3 is 0 Å². The first kappa shape index (κ1) is 15.1. The smallest absolute Gasteiger partial charge is 0.234 e. The molecule has 0 aliphatic carbocycles. The molecule has 0 bridgehead atoms. The molecule has 5 nitrogen and oxygen atoms in total. The summed E-state index contributed by atoms with van der Waals surface area (Å²) >= 11 is 0. The molecule has 4 rings (SSSR count). The third-order valence-electron chi connectivity index (χ3n) is 3.78. The van der Waals surface area contributed by atoms with Crippen molar-refractivity contribution in [2.24, 2.45) is 4.99 Å². The third-order valence-corrected chi connectivity index (χ3v) is 3.78. The Labute approximate surface area is 145 Å². The second-order valence-electron chi connectivity index (χ2n) is 5.69. The molecule has 2 aromatic heterocycles. The standard InChI is InChI=1S/C20H16N4O/c1-15-7-8-19(21-10-9-15)25-14-18-13-24-12-17(11-22-20(24)23-18)16-5-3-2-4-6-16/h2-6,8-13H,14H2,1H3. The molecule has 3 aromatic rings. The van der Waals surface area contributed by atoms with E-state index < -0.39 is 0 Å². The Morgan fingerprint density at radius 3 is 2.88 bits per heavy atom. The summed E-state index contributed by atoms with van der Waals surface area (Å²) in [6.07, 6.45) is 11.1. The van der Waals surface area contributed by atoms with E-state index in [1.54, 1.807) is 12.3 Å². The quantitative estimate of drug-likeness (QED) is 0.684. The highest BCUT2D eigenvalue weighted by Gasteiger charge is 2.06. The SMILES string of the molecule is CC1=C=CC(OCc2cn3cc(-c4ccccc4)cnc3n2)=NC=C1. The molecule has 0 saturated heterocycles. The maximum Gasteiger partial charge on any atom is 0.234 e. The van der Waals surface area contributed by atoms with Gasteiger partial charge in [0, 0.05) is 36.4 Å². The molecule has 0 spiro atoms. The molecule has 0 N–H and O–H groups in total. The van der Waals surface area contributed by atoms with Gasteiger partial charge < -0.3 is 4.74 Å². The Kier molecular flexibility index (Phi) is 3.99. The van der Waals surface area contributed by atoms with E-state index in [0.717, 1.165) is 22.4 Å². The molecule has 0 unspecified atom stereocenters. The maximum atomic E-state index is 5.71. The number of ether oxygens (including phenoxy) is 1. The van der Waals surface area contributed by atoms with Gasteiger partial charge in [-0.25, -0.2) is 15.0 Å². The van der Waals surface area contributed by atoms with Gasteiger partial charge in [0.15, 0.2) is 0 Å². The number of hydrogen-bond donors (Lipinski definition) is 0. The molecule has 25 heavy (non-hydrogen) atoms. The molecule has 0 amide bonds. The van der Waals surface area contributed by atoms with Gasteiger partial charge in [-0.1, -0.05) is 30.3 Å². The number of rotatable bonds is 3. The van der Waals surface area contributed by atoms with Crippen molar-refractivity contribution in [3.05, 3.63) is 84.3 Å². The zero-order chi connectivity index (χ0) is 17.1. The van der Waals surface area contributed by atoms with Crippen molar-refractivity contribution in [3.63, 3.8) is 0 Å². The number of benzene rings is 1. The lowest BCUT2D eigenvalue weighted by atomic mass is 10.1. The van der Waals surface area contributed by atoms with Gasteiger partial charge in [0.05, 0.1) is 5.69 Å². The van der Waals surface area contributed by atoms with Crippen molar-refractivity contribution in [3.8, 4) is 11.1 Å². The van der Waals surface area contributed by atoms with Crippen molar-refractivity contribution in [2.75, 3.05) is 0 Å². The van der Waals surface area contributed by atoms with Crippen LogP contribution >= 0.6 is 0 Å². The van der Waals surface area contributed by atoms with Gasteiger partial charge in [-0.05, 0) is 24.1 Å². The fourth-order valence-corrected chi connectivity index (χ4v) is 2.49. The zero-order valence-corrected chi connectivity index (χ0v) is 13.8. The number of aromatic nitrogens is 3. The van der Waals surface area contributed by atoms with Crippen LogP contribution in [0.2, 0.25) is 0 Å². The lowest BCUT2D eigenvalue weighted by molar-refractivity contribution is 0.291. The first-order valence-electron chi connectivity index (χ1n) is 7.97. The summed E-state index contributed by atoms with van der Waals surface area (Å²) < 4.78 is 7.62. The maximum absolute atomic E-state index is 5.71. The number of imidazole rings is 1. The molecule has 1 aliphatic rings. The highest BCUT2D eigenvalue weighted by molar-refractivity contribution is 5.88. The summed E-state index contributed by atoms with van der Waals surface area (Å²) in [4.78, 5) is 13.1. The Hall–Kier alpha value is -3.43. The van der Waals surface area contributed by atoms with Crippen molar-refractivity contribution in [2.45, 2.75) is 13.5 Å². The minimum Gasteiger partial charge on any atom is -0.471 e. The van der Waals surface area contributed by atoms with Crippen LogP contribution in [0.5, 0.6) is 0 Å². The third kappa shape index (κ3) is 3.42. The molecule has 0 atom stereocenters. The van der Waals surface area contributed by atoms with E-state index >= 15 is 0 Å². The van der Waals surface area contributed by atoms with Crippen LogP contribution in [0.1, 0.15) is 12.6 Å². The topological polar surface area (TPSA) is 51.8 Å². The molecule has 5 heteroatoms. The zero-order valence-electron chi connectivity index (χ0n) is 13.8. The van der Waals surface area contributed by atoms with Gasteiger partial charge in [-0.2, -0.15) is 0 Å². The van der Waals surface area contributed by atoms with Crippen LogP contribution in [0.15, 0.2) is 83.6 Å². The van der Waals surface area contributed by atoms with E-state index in [1.807, 2.05) is 54.2 Å². The van der Waals surface area contributed by atoms with E-state index in [0.29, 0.717) is 18.3 Å². The number of fused-ring (bicyclic) bond motifs is 1. The summed E-state index contributed by atoms with van der Waals surface area (Å²) in [5.41, 5.74) is 7.06. The van der Waals surface area contributed by atoms with E-state index in [9.17, 15) is 0 Å². The second kappa shape index (κ2) is 6.59. The average molecular weight is 328 g/mol. The normalized spacial score (nSPS) is 13.5. The fourth-order valence-electron chi connectivity index (χ4n) is 2.49. The first-order chi connectivity index (χ1) is 12.3. The van der Waals surface area contributed by atoms with Gasteiger partial charge in [0.2, 0.25) is 11.7 Å². The van der Waals surface area contributed by atoms with Crippen molar-refractivity contribution in [1.29, 1.82) is 0 Å². The molecular weight excluding hydrogens is 312 g/mol. The summed E-state index contributed by atoms with van der Waals surface area (Å²) in [6, 6.07) is 10.1. The van der Waals surface area contributed by atoms with Gasteiger partial charge in [-0.3, -0.25) is 4.40 Å². The summed E-state index contributed by atoms with van der Waals surface area (Å²) in [6.45, 7) is 2.29. The lowest BCUT2D eigenvalue weighted by Crippen LogP contribution is -2.01. The minimum absolute atomic E-state index is 0.327. The number of hydrogen-bond acceptors (Lipinski definition) is 4. The summed E-state index contributed by atoms with van der Waals surface area (Å²) in [5, 5.41) is 0. The number of aliphatic imine (C=N–C) groups is 1. The molecule has 0 radical (unpaired) electrons. The van der Waals surface area contributed by atoms with E-state index in [4.69, 9.17) is 4.74 Å². The van der Waals surface area contributed by atoms with Gasteiger partial charge in [-0.15, -0.1) is 5.73 Å². The minimum atomic E-state index is 0.327. The first-order valence-corrected chi connectivity index (χ1v) is 7.97. The lowest BCUT2D eigenvalue weighted by Gasteiger charge is -2.01. The summed E-state index contributed by atoms with van der Waals surface area (Å²) in [5.74, 6) is 1.16. The Bertz CT molecular complexity index is 1040. The largest absolute Gasteiger partial charge is 0.471 e. The van der Waals surface area contributed by atoms with Gasteiger partial charge in [0.25, 0.3) is 0 Å². The predicted octanol–water partition coefficient (Wildman–Crippen LogP) is 3.94. The highest BCUT2D eigenvalue weighted by Crippen LogP contribution is 2.18. The van der Waals surface area contributed by atoms with E-state index in [2.05, 4.69) is 32.8 Å². The molecule has 1 aromatic carbocycles. The predicted molar refractivity (Wildman–Crippen MR) is 97.1 cm³/mol. The van der Waals surface area contributed by atoms with Crippen molar-refractivity contribution in [1.82, 2.24) is 14.4 Å². The molecular formula is C20H16N4O. The number of nitrogens with zero attached hydrogens (tertiary/aromatic N) is 4. The fraction of sp³-hybridized carbons (Fsp3) is 0.100. The van der Waals surface area contributed by atoms with Crippen molar-refractivity contribution < 1.29 is 4.74 Å². The van der Waals surface area contributed by atoms with E-state index in [-0.39, 0.29) is 0 Å². The van der Waals surface area contributed by atoms with Crippen LogP contribution in [-0.4, -0.2) is 20.3 Å². The Morgan fingerprint density at radius 2 is 2.00 bits per heavy atom. The molecule has 0 saturated carbocycles. The van der Waals surface area contributed by atoms with Crippen LogP contribution in [0.4, 0.5) is 0 Å². The van der Waals surface area contributed by atoms with E-state index in [1.165, 1.54) is 0 Å².